The minimum atomic E-state index is -0.348. The summed E-state index contributed by atoms with van der Waals surface area (Å²) < 4.78 is 12.5. The van der Waals surface area contributed by atoms with Crippen molar-refractivity contribution in [1.29, 1.82) is 0 Å². The van der Waals surface area contributed by atoms with E-state index < -0.39 is 0 Å². The molecule has 5 heterocycles. The van der Waals surface area contributed by atoms with Crippen molar-refractivity contribution < 1.29 is 9.47 Å². The fourth-order valence-corrected chi connectivity index (χ4v) is 5.12. The summed E-state index contributed by atoms with van der Waals surface area (Å²) in [6.07, 6.45) is 3.76. The highest BCUT2D eigenvalue weighted by atomic mass is 16.5. The van der Waals surface area contributed by atoms with Crippen molar-refractivity contribution in [2.24, 2.45) is 0 Å². The molecule has 0 aliphatic carbocycles. The molecular weight excluding hydrogens is 421 g/mol. The van der Waals surface area contributed by atoms with Crippen molar-refractivity contribution in [2.45, 2.75) is 45.6 Å². The Hall–Kier alpha value is -3.67. The van der Waals surface area contributed by atoms with Gasteiger partial charge in [-0.3, -0.25) is 4.98 Å². The molecule has 0 atom stereocenters. The van der Waals surface area contributed by atoms with Gasteiger partial charge in [0, 0.05) is 22.9 Å². The third kappa shape index (κ3) is 3.20. The van der Waals surface area contributed by atoms with E-state index in [0.29, 0.717) is 11.8 Å². The molecule has 6 heteroatoms. The third-order valence-electron chi connectivity index (χ3n) is 6.60. The molecule has 4 aromatic rings. The molecular formula is C28H26BN3O2. The Balaban J connectivity index is 1.55. The van der Waals surface area contributed by atoms with Gasteiger partial charge in [-0.2, -0.15) is 0 Å². The number of hydrogen-bond acceptors (Lipinski definition) is 5. The number of rotatable bonds is 2. The molecule has 0 amide bonds. The summed E-state index contributed by atoms with van der Waals surface area (Å²) in [5, 5.41) is 0. The highest BCUT2D eigenvalue weighted by Crippen LogP contribution is 2.37. The summed E-state index contributed by atoms with van der Waals surface area (Å²) in [4.78, 5) is 14.5. The van der Waals surface area contributed by atoms with Crippen LogP contribution in [0.15, 0.2) is 67.0 Å². The van der Waals surface area contributed by atoms with E-state index >= 15 is 0 Å². The maximum Gasteiger partial charge on any atom is 0.256 e. The quantitative estimate of drug-likeness (QED) is 0.384. The second-order valence-corrected chi connectivity index (χ2v) is 10.5. The molecule has 6 rings (SSSR count). The molecule has 2 aliphatic heterocycles. The Morgan fingerprint density at radius 1 is 0.882 bits per heavy atom. The van der Waals surface area contributed by atoms with Crippen LogP contribution in [0.1, 0.15) is 45.9 Å². The first kappa shape index (κ1) is 20.9. The van der Waals surface area contributed by atoms with Crippen LogP contribution in [-0.2, 0) is 5.41 Å². The molecule has 168 valence electrons. The van der Waals surface area contributed by atoms with Gasteiger partial charge in [-0.05, 0) is 54.9 Å². The first-order valence-electron chi connectivity index (χ1n) is 11.7. The van der Waals surface area contributed by atoms with Crippen molar-refractivity contribution >= 4 is 23.1 Å². The minimum absolute atomic E-state index is 0.0201. The second-order valence-electron chi connectivity index (χ2n) is 10.5. The van der Waals surface area contributed by atoms with Crippen LogP contribution in [0.3, 0.4) is 0 Å². The van der Waals surface area contributed by atoms with Crippen LogP contribution in [-0.4, -0.2) is 27.3 Å². The maximum atomic E-state index is 6.37. The zero-order valence-corrected chi connectivity index (χ0v) is 20.1. The molecule has 0 spiro atoms. The standard InChI is InChI=1S/C28H26BN3O2/c1-27(2,3)34-23-14-12-19-25(32-23)28(4,5)18-15-30-16-22-24(18)29(19)20-11-13-21(31-26(20)33-22)17-9-7-6-8-10-17/h6-16H,1-5H3. The van der Waals surface area contributed by atoms with Gasteiger partial charge in [0.1, 0.15) is 11.4 Å². The molecule has 2 aliphatic rings. The van der Waals surface area contributed by atoms with Gasteiger partial charge < -0.3 is 9.47 Å². The molecule has 34 heavy (non-hydrogen) atoms. The van der Waals surface area contributed by atoms with E-state index in [4.69, 9.17) is 19.4 Å². The van der Waals surface area contributed by atoms with Gasteiger partial charge in [-0.25, -0.2) is 9.97 Å². The van der Waals surface area contributed by atoms with E-state index in [-0.39, 0.29) is 17.7 Å². The fourth-order valence-electron chi connectivity index (χ4n) is 5.12. The van der Waals surface area contributed by atoms with Gasteiger partial charge in [0.25, 0.3) is 6.71 Å². The minimum Gasteiger partial charge on any atom is -0.472 e. The van der Waals surface area contributed by atoms with Gasteiger partial charge in [0.2, 0.25) is 11.8 Å². The van der Waals surface area contributed by atoms with Crippen molar-refractivity contribution in [2.75, 3.05) is 0 Å². The monoisotopic (exact) mass is 447 g/mol. The number of benzene rings is 1. The molecule has 0 fully saturated rings. The SMILES string of the molecule is CC(C)(C)Oc1ccc2c(n1)C(C)(C)c1cncc3c1B2c1ccc(-c2ccccc2)nc1O3. The van der Waals surface area contributed by atoms with Crippen LogP contribution < -0.4 is 25.9 Å². The predicted octanol–water partition coefficient (Wildman–Crippen LogP) is 3.98. The van der Waals surface area contributed by atoms with E-state index in [0.717, 1.165) is 44.7 Å². The molecule has 0 radical (unpaired) electrons. The normalized spacial score (nSPS) is 15.0. The molecule has 0 bridgehead atoms. The van der Waals surface area contributed by atoms with E-state index in [1.807, 2.05) is 51.2 Å². The maximum absolute atomic E-state index is 6.37. The number of nitrogens with zero attached hydrogens (tertiary/aromatic N) is 3. The van der Waals surface area contributed by atoms with Gasteiger partial charge in [0.15, 0.2) is 0 Å². The van der Waals surface area contributed by atoms with Crippen LogP contribution in [0.25, 0.3) is 11.3 Å². The lowest BCUT2D eigenvalue weighted by atomic mass is 9.31. The highest BCUT2D eigenvalue weighted by Gasteiger charge is 2.46. The van der Waals surface area contributed by atoms with E-state index in [9.17, 15) is 0 Å². The Kier molecular flexibility index (Phi) is 4.41. The summed E-state index contributed by atoms with van der Waals surface area (Å²) in [5.41, 5.74) is 6.76. The van der Waals surface area contributed by atoms with Crippen LogP contribution in [0, 0.1) is 0 Å². The Bertz CT molecular complexity index is 1430. The van der Waals surface area contributed by atoms with E-state index in [1.165, 1.54) is 0 Å². The van der Waals surface area contributed by atoms with Crippen molar-refractivity contribution in [3.8, 4) is 28.8 Å². The third-order valence-corrected chi connectivity index (χ3v) is 6.60. The number of aromatic nitrogens is 3. The lowest BCUT2D eigenvalue weighted by molar-refractivity contribution is 0.123. The molecule has 0 N–H and O–H groups in total. The summed E-state index contributed by atoms with van der Waals surface area (Å²) >= 11 is 0. The van der Waals surface area contributed by atoms with Gasteiger partial charge in [-0.15, -0.1) is 0 Å². The summed E-state index contributed by atoms with van der Waals surface area (Å²) in [7, 11) is 0. The number of hydrogen-bond donors (Lipinski definition) is 0. The zero-order valence-electron chi connectivity index (χ0n) is 20.1. The number of fused-ring (bicyclic) bond motifs is 4. The highest BCUT2D eigenvalue weighted by molar-refractivity contribution is 6.97. The van der Waals surface area contributed by atoms with Crippen LogP contribution >= 0.6 is 0 Å². The van der Waals surface area contributed by atoms with Gasteiger partial charge in [0.05, 0.1) is 11.9 Å². The average molecular weight is 447 g/mol. The van der Waals surface area contributed by atoms with Crippen LogP contribution in [0.4, 0.5) is 0 Å². The molecule has 0 saturated heterocycles. The number of ether oxygens (including phenoxy) is 2. The first-order chi connectivity index (χ1) is 16.2. The molecule has 3 aromatic heterocycles. The smallest absolute Gasteiger partial charge is 0.256 e. The van der Waals surface area contributed by atoms with Gasteiger partial charge in [-0.1, -0.05) is 56.3 Å². The van der Waals surface area contributed by atoms with Crippen molar-refractivity contribution in [1.82, 2.24) is 15.0 Å². The van der Waals surface area contributed by atoms with E-state index in [1.54, 1.807) is 6.20 Å². The fraction of sp³-hybridized carbons (Fsp3) is 0.250. The Morgan fingerprint density at radius 3 is 2.41 bits per heavy atom. The zero-order chi connectivity index (χ0) is 23.7. The predicted molar refractivity (Wildman–Crippen MR) is 135 cm³/mol. The summed E-state index contributed by atoms with van der Waals surface area (Å²) in [6, 6.07) is 18.5. The molecule has 1 aromatic carbocycles. The van der Waals surface area contributed by atoms with Crippen LogP contribution in [0.2, 0.25) is 0 Å². The van der Waals surface area contributed by atoms with Crippen LogP contribution in [0.5, 0.6) is 17.5 Å². The van der Waals surface area contributed by atoms with Gasteiger partial charge >= 0.3 is 0 Å². The Morgan fingerprint density at radius 2 is 1.65 bits per heavy atom. The number of pyridine rings is 3. The summed E-state index contributed by atoms with van der Waals surface area (Å²) in [6.45, 7) is 10.5. The van der Waals surface area contributed by atoms with E-state index in [2.05, 4.69) is 49.2 Å². The lowest BCUT2D eigenvalue weighted by Crippen LogP contribution is -2.63. The second kappa shape index (κ2) is 7.16. The average Bonchev–Trinajstić information content (AvgIpc) is 2.81. The Labute approximate surface area is 200 Å². The molecule has 0 unspecified atom stereocenters. The first-order valence-corrected chi connectivity index (χ1v) is 11.7. The lowest BCUT2D eigenvalue weighted by Gasteiger charge is -2.40. The molecule has 0 saturated carbocycles. The largest absolute Gasteiger partial charge is 0.472 e. The topological polar surface area (TPSA) is 57.1 Å². The van der Waals surface area contributed by atoms with Crippen molar-refractivity contribution in [3.05, 3.63) is 78.2 Å². The van der Waals surface area contributed by atoms with Crippen molar-refractivity contribution in [3.63, 3.8) is 0 Å². The summed E-state index contributed by atoms with van der Waals surface area (Å²) in [5.74, 6) is 2.02. The molecule has 5 nitrogen and oxygen atoms in total.